The van der Waals surface area contributed by atoms with Gasteiger partial charge in [0.25, 0.3) is 0 Å². The molecule has 0 spiro atoms. The molecule has 0 amide bonds. The van der Waals surface area contributed by atoms with Crippen LogP contribution in [0.5, 0.6) is 0 Å². The van der Waals surface area contributed by atoms with Crippen molar-refractivity contribution in [3.63, 3.8) is 0 Å². The highest BCUT2D eigenvalue weighted by molar-refractivity contribution is 5.48. The topological polar surface area (TPSA) is 27.8 Å². The van der Waals surface area contributed by atoms with Gasteiger partial charge in [-0.1, -0.05) is 0 Å². The number of aromatic amines is 1. The zero-order valence-electron chi connectivity index (χ0n) is 6.31. The van der Waals surface area contributed by atoms with Crippen LogP contribution in [0.15, 0.2) is 18.5 Å². The monoisotopic (exact) mass is 136 g/mol. The van der Waals surface area contributed by atoms with Gasteiger partial charge in [-0.05, 0) is 30.8 Å². The lowest BCUT2D eigenvalue weighted by Gasteiger charge is -1.89. The highest BCUT2D eigenvalue weighted by Gasteiger charge is 1.90. The smallest absolute Gasteiger partial charge is 0.0424 e. The first kappa shape index (κ1) is 6.93. The summed E-state index contributed by atoms with van der Waals surface area (Å²) in [5.41, 5.74) is 2.43. The van der Waals surface area contributed by atoms with Crippen LogP contribution >= 0.6 is 0 Å². The van der Waals surface area contributed by atoms with E-state index in [2.05, 4.69) is 23.3 Å². The average molecular weight is 136 g/mol. The lowest BCUT2D eigenvalue weighted by molar-refractivity contribution is 1.11. The quantitative estimate of drug-likeness (QED) is 0.633. The second-order valence-corrected chi connectivity index (χ2v) is 2.20. The molecular formula is C8H12N2. The maximum Gasteiger partial charge on any atom is 0.0424 e. The molecule has 54 valence electrons. The molecule has 0 aliphatic rings. The summed E-state index contributed by atoms with van der Waals surface area (Å²) in [5, 5.41) is 2.93. The molecular weight excluding hydrogens is 124 g/mol. The van der Waals surface area contributed by atoms with Crippen molar-refractivity contribution in [2.24, 2.45) is 0 Å². The molecule has 2 heteroatoms. The van der Waals surface area contributed by atoms with Crippen LogP contribution in [-0.2, 0) is 0 Å². The van der Waals surface area contributed by atoms with Crippen molar-refractivity contribution in [2.75, 3.05) is 7.05 Å². The van der Waals surface area contributed by atoms with Crippen molar-refractivity contribution in [3.05, 3.63) is 29.7 Å². The third kappa shape index (κ3) is 1.41. The molecule has 1 heterocycles. The molecule has 2 N–H and O–H groups in total. The van der Waals surface area contributed by atoms with Crippen molar-refractivity contribution in [1.29, 1.82) is 0 Å². The fourth-order valence-corrected chi connectivity index (χ4v) is 0.806. The van der Waals surface area contributed by atoms with E-state index in [9.17, 15) is 0 Å². The van der Waals surface area contributed by atoms with Crippen LogP contribution in [0.4, 0.5) is 0 Å². The van der Waals surface area contributed by atoms with Crippen LogP contribution < -0.4 is 5.32 Å². The van der Waals surface area contributed by atoms with Crippen LogP contribution in [0.2, 0.25) is 0 Å². The predicted octanol–water partition coefficient (Wildman–Crippen LogP) is 1.51. The minimum absolute atomic E-state index is 1.16. The Morgan fingerprint density at radius 1 is 1.60 bits per heavy atom. The van der Waals surface area contributed by atoms with E-state index in [0.717, 1.165) is 5.69 Å². The van der Waals surface area contributed by atoms with Gasteiger partial charge in [0.2, 0.25) is 0 Å². The number of aromatic nitrogens is 1. The van der Waals surface area contributed by atoms with E-state index >= 15 is 0 Å². The van der Waals surface area contributed by atoms with Gasteiger partial charge in [-0.3, -0.25) is 0 Å². The van der Waals surface area contributed by atoms with Crippen molar-refractivity contribution in [1.82, 2.24) is 10.3 Å². The van der Waals surface area contributed by atoms with Crippen LogP contribution in [0.1, 0.15) is 11.3 Å². The molecule has 0 fully saturated rings. The number of H-pyrrole nitrogens is 1. The second kappa shape index (κ2) is 3.11. The van der Waals surface area contributed by atoms with E-state index in [-0.39, 0.29) is 0 Å². The molecule has 1 aromatic rings. The van der Waals surface area contributed by atoms with Gasteiger partial charge in [-0.15, -0.1) is 0 Å². The molecule has 0 bridgehead atoms. The SMILES string of the molecule is CN/C=C\c1[nH]ccc1C. The second-order valence-electron chi connectivity index (χ2n) is 2.20. The molecule has 0 radical (unpaired) electrons. The number of rotatable bonds is 2. The number of hydrogen-bond acceptors (Lipinski definition) is 1. The summed E-state index contributed by atoms with van der Waals surface area (Å²) in [6.45, 7) is 2.08. The van der Waals surface area contributed by atoms with Gasteiger partial charge in [0.1, 0.15) is 0 Å². The summed E-state index contributed by atoms with van der Waals surface area (Å²) >= 11 is 0. The van der Waals surface area contributed by atoms with Gasteiger partial charge in [0.05, 0.1) is 0 Å². The van der Waals surface area contributed by atoms with Gasteiger partial charge in [-0.2, -0.15) is 0 Å². The van der Waals surface area contributed by atoms with Gasteiger partial charge >= 0.3 is 0 Å². The van der Waals surface area contributed by atoms with Crippen LogP contribution in [0.25, 0.3) is 6.08 Å². The Morgan fingerprint density at radius 3 is 2.90 bits per heavy atom. The summed E-state index contributed by atoms with van der Waals surface area (Å²) in [6, 6.07) is 2.05. The van der Waals surface area contributed by atoms with E-state index < -0.39 is 0 Å². The third-order valence-corrected chi connectivity index (χ3v) is 1.41. The molecule has 0 saturated heterocycles. The van der Waals surface area contributed by atoms with Crippen LogP contribution in [0, 0.1) is 6.92 Å². The molecule has 0 unspecified atom stereocenters. The van der Waals surface area contributed by atoms with Gasteiger partial charge in [0, 0.05) is 18.9 Å². The molecule has 0 aliphatic carbocycles. The van der Waals surface area contributed by atoms with Gasteiger partial charge in [0.15, 0.2) is 0 Å². The standard InChI is InChI=1S/C8H12N2/c1-7-3-6-10-8(7)4-5-9-2/h3-6,9-10H,1-2H3/b5-4-. The van der Waals surface area contributed by atoms with E-state index in [1.807, 2.05) is 25.5 Å². The van der Waals surface area contributed by atoms with Gasteiger partial charge in [-0.25, -0.2) is 0 Å². The average Bonchev–Trinajstić information content (AvgIpc) is 2.31. The maximum absolute atomic E-state index is 3.11. The van der Waals surface area contributed by atoms with E-state index in [1.54, 1.807) is 0 Å². The minimum atomic E-state index is 1.16. The fraction of sp³-hybridized carbons (Fsp3) is 0.250. The summed E-state index contributed by atoms with van der Waals surface area (Å²) in [5.74, 6) is 0. The Morgan fingerprint density at radius 2 is 2.40 bits per heavy atom. The first-order valence-electron chi connectivity index (χ1n) is 3.32. The van der Waals surface area contributed by atoms with Crippen molar-refractivity contribution >= 4 is 6.08 Å². The molecule has 0 aromatic carbocycles. The summed E-state index contributed by atoms with van der Waals surface area (Å²) in [4.78, 5) is 3.11. The normalized spacial score (nSPS) is 10.6. The Labute approximate surface area is 61.0 Å². The number of aryl methyl sites for hydroxylation is 1. The molecule has 1 aromatic heterocycles. The van der Waals surface area contributed by atoms with E-state index in [4.69, 9.17) is 0 Å². The van der Waals surface area contributed by atoms with Crippen LogP contribution in [0.3, 0.4) is 0 Å². The molecule has 0 atom stereocenters. The van der Waals surface area contributed by atoms with Crippen molar-refractivity contribution in [3.8, 4) is 0 Å². The first-order valence-corrected chi connectivity index (χ1v) is 3.32. The molecule has 0 saturated carbocycles. The van der Waals surface area contributed by atoms with E-state index in [1.165, 1.54) is 5.56 Å². The number of hydrogen-bond donors (Lipinski definition) is 2. The number of nitrogens with one attached hydrogen (secondary N) is 2. The predicted molar refractivity (Wildman–Crippen MR) is 43.6 cm³/mol. The molecule has 0 aliphatic heterocycles. The van der Waals surface area contributed by atoms with E-state index in [0.29, 0.717) is 0 Å². The largest absolute Gasteiger partial charge is 0.394 e. The molecule has 1 rings (SSSR count). The Balaban J connectivity index is 2.74. The Bertz CT molecular complexity index is 223. The highest BCUT2D eigenvalue weighted by atomic mass is 14.8. The minimum Gasteiger partial charge on any atom is -0.394 e. The molecule has 10 heavy (non-hydrogen) atoms. The van der Waals surface area contributed by atoms with Crippen molar-refractivity contribution < 1.29 is 0 Å². The first-order chi connectivity index (χ1) is 4.84. The third-order valence-electron chi connectivity index (χ3n) is 1.41. The van der Waals surface area contributed by atoms with Crippen molar-refractivity contribution in [2.45, 2.75) is 6.92 Å². The lowest BCUT2D eigenvalue weighted by atomic mass is 10.3. The summed E-state index contributed by atoms with van der Waals surface area (Å²) < 4.78 is 0. The fourth-order valence-electron chi connectivity index (χ4n) is 0.806. The van der Waals surface area contributed by atoms with Crippen LogP contribution in [-0.4, -0.2) is 12.0 Å². The summed E-state index contributed by atoms with van der Waals surface area (Å²) in [7, 11) is 1.88. The summed E-state index contributed by atoms with van der Waals surface area (Å²) in [6.07, 6.45) is 5.85. The van der Waals surface area contributed by atoms with Gasteiger partial charge < -0.3 is 10.3 Å². The Kier molecular flexibility index (Phi) is 2.15. The maximum atomic E-state index is 3.11. The Hall–Kier alpha value is -1.18. The molecule has 2 nitrogen and oxygen atoms in total. The zero-order chi connectivity index (χ0) is 7.40. The zero-order valence-corrected chi connectivity index (χ0v) is 6.31. The lowest BCUT2D eigenvalue weighted by Crippen LogP contribution is -1.90. The highest BCUT2D eigenvalue weighted by Crippen LogP contribution is 2.04.